The van der Waals surface area contributed by atoms with Crippen LogP contribution in [0.25, 0.3) is 0 Å². The van der Waals surface area contributed by atoms with Crippen LogP contribution in [0.15, 0.2) is 0 Å². The second kappa shape index (κ2) is 6.52. The van der Waals surface area contributed by atoms with Gasteiger partial charge < -0.3 is 5.73 Å². The number of hydrogen-bond acceptors (Lipinski definition) is 3. The summed E-state index contributed by atoms with van der Waals surface area (Å²) in [7, 11) is -1.57. The molecule has 1 saturated carbocycles. The van der Waals surface area contributed by atoms with E-state index in [-0.39, 0.29) is 24.5 Å². The van der Waals surface area contributed by atoms with E-state index in [4.69, 9.17) is 5.73 Å². The maximum atomic E-state index is 12.4. The average molecular weight is 298 g/mol. The monoisotopic (exact) mass is 297 g/mol. The summed E-state index contributed by atoms with van der Waals surface area (Å²) in [6.45, 7) is 1.04. The van der Waals surface area contributed by atoms with Crippen LogP contribution in [0.3, 0.4) is 0 Å². The molecule has 7 heteroatoms. The van der Waals surface area contributed by atoms with Crippen LogP contribution in [-0.2, 0) is 10.2 Å². The first-order valence-corrected chi connectivity index (χ1v) is 7.90. The molecule has 1 unspecified atom stereocenters. The van der Waals surface area contributed by atoms with Gasteiger partial charge in [0, 0.05) is 32.2 Å². The van der Waals surface area contributed by atoms with E-state index < -0.39 is 10.2 Å². The molecular weight excluding hydrogens is 274 g/mol. The van der Waals surface area contributed by atoms with E-state index >= 15 is 0 Å². The fourth-order valence-electron chi connectivity index (χ4n) is 2.78. The van der Waals surface area contributed by atoms with Gasteiger partial charge in [0.15, 0.2) is 0 Å². The third-order valence-electron chi connectivity index (χ3n) is 3.97. The highest BCUT2D eigenvalue weighted by Crippen LogP contribution is 2.25. The van der Waals surface area contributed by atoms with Crippen LogP contribution in [0.4, 0.5) is 0 Å². The predicted octanol–water partition coefficient (Wildman–Crippen LogP) is 0.950. The predicted molar refractivity (Wildman–Crippen MR) is 75.0 cm³/mol. The van der Waals surface area contributed by atoms with Crippen LogP contribution in [0, 0.1) is 0 Å². The van der Waals surface area contributed by atoms with Crippen molar-refractivity contribution < 1.29 is 8.42 Å². The van der Waals surface area contributed by atoms with Crippen molar-refractivity contribution in [2.75, 3.05) is 20.1 Å². The summed E-state index contributed by atoms with van der Waals surface area (Å²) in [6, 6.07) is 0.190. The quantitative estimate of drug-likeness (QED) is 0.843. The SMILES string of the molecule is CN(C1CCCCC1)S(=O)(=O)N1CCC(N)C1.Cl. The first kappa shape index (κ1) is 16.2. The Hall–Kier alpha value is 0.120. The Balaban J connectivity index is 0.00000162. The van der Waals surface area contributed by atoms with E-state index in [9.17, 15) is 8.42 Å². The first-order valence-electron chi connectivity index (χ1n) is 6.50. The summed E-state index contributed by atoms with van der Waals surface area (Å²) in [5, 5.41) is 0. The smallest absolute Gasteiger partial charge is 0.282 e. The average Bonchev–Trinajstić information content (AvgIpc) is 2.77. The van der Waals surface area contributed by atoms with E-state index in [0.717, 1.165) is 32.1 Å². The fourth-order valence-corrected chi connectivity index (χ4v) is 4.45. The zero-order valence-corrected chi connectivity index (χ0v) is 12.5. The molecule has 0 radical (unpaired) electrons. The van der Waals surface area contributed by atoms with Gasteiger partial charge in [0.1, 0.15) is 0 Å². The Labute approximate surface area is 116 Å². The fraction of sp³-hybridized carbons (Fsp3) is 1.00. The van der Waals surface area contributed by atoms with Crippen molar-refractivity contribution in [3.63, 3.8) is 0 Å². The Morgan fingerprint density at radius 1 is 1.17 bits per heavy atom. The molecule has 1 saturated heterocycles. The molecule has 2 aliphatic rings. The molecule has 1 atom stereocenters. The molecule has 2 rings (SSSR count). The molecule has 1 aliphatic heterocycles. The van der Waals surface area contributed by atoms with Crippen LogP contribution in [0.1, 0.15) is 38.5 Å². The van der Waals surface area contributed by atoms with E-state index in [0.29, 0.717) is 13.1 Å². The highest BCUT2D eigenvalue weighted by Gasteiger charge is 2.35. The molecule has 0 aromatic carbocycles. The van der Waals surface area contributed by atoms with Gasteiger partial charge in [-0.2, -0.15) is 17.0 Å². The van der Waals surface area contributed by atoms with Gasteiger partial charge in [-0.05, 0) is 19.3 Å². The summed E-state index contributed by atoms with van der Waals surface area (Å²) < 4.78 is 27.9. The molecule has 1 aliphatic carbocycles. The van der Waals surface area contributed by atoms with Gasteiger partial charge in [0.2, 0.25) is 0 Å². The van der Waals surface area contributed by atoms with Crippen LogP contribution in [-0.4, -0.2) is 49.2 Å². The van der Waals surface area contributed by atoms with Crippen LogP contribution < -0.4 is 5.73 Å². The van der Waals surface area contributed by atoms with Gasteiger partial charge in [-0.1, -0.05) is 19.3 Å². The second-order valence-corrected chi connectivity index (χ2v) is 7.21. The first-order chi connectivity index (χ1) is 8.01. The summed E-state index contributed by atoms with van der Waals surface area (Å²) in [6.07, 6.45) is 6.29. The Morgan fingerprint density at radius 2 is 1.78 bits per heavy atom. The lowest BCUT2D eigenvalue weighted by Crippen LogP contribution is -2.46. The third-order valence-corrected chi connectivity index (χ3v) is 5.98. The van der Waals surface area contributed by atoms with Crippen molar-refractivity contribution in [3.05, 3.63) is 0 Å². The molecule has 2 fully saturated rings. The number of nitrogens with zero attached hydrogens (tertiary/aromatic N) is 2. The molecular formula is C11H24ClN3O2S. The lowest BCUT2D eigenvalue weighted by Gasteiger charge is -2.33. The minimum Gasteiger partial charge on any atom is -0.326 e. The third kappa shape index (κ3) is 3.36. The van der Waals surface area contributed by atoms with E-state index in [1.54, 1.807) is 11.4 Å². The highest BCUT2D eigenvalue weighted by molar-refractivity contribution is 7.86. The standard InChI is InChI=1S/C11H23N3O2S.ClH/c1-13(11-5-3-2-4-6-11)17(15,16)14-8-7-10(12)9-14;/h10-11H,2-9,12H2,1H3;1H. The van der Waals surface area contributed by atoms with Gasteiger partial charge in [0.05, 0.1) is 0 Å². The van der Waals surface area contributed by atoms with Gasteiger partial charge in [-0.15, -0.1) is 12.4 Å². The summed E-state index contributed by atoms with van der Waals surface area (Å²) in [4.78, 5) is 0. The Bertz CT molecular complexity index is 357. The van der Waals surface area contributed by atoms with E-state index in [1.165, 1.54) is 10.7 Å². The van der Waals surface area contributed by atoms with Crippen LogP contribution in [0.2, 0.25) is 0 Å². The number of hydrogen-bond donors (Lipinski definition) is 1. The topological polar surface area (TPSA) is 66.6 Å². The molecule has 18 heavy (non-hydrogen) atoms. The van der Waals surface area contributed by atoms with E-state index in [2.05, 4.69) is 0 Å². The molecule has 2 N–H and O–H groups in total. The van der Waals surface area contributed by atoms with E-state index in [1.807, 2.05) is 0 Å². The van der Waals surface area contributed by atoms with Crippen molar-refractivity contribution in [3.8, 4) is 0 Å². The minimum atomic E-state index is -3.28. The van der Waals surface area contributed by atoms with Gasteiger partial charge in [-0.25, -0.2) is 0 Å². The Kier molecular flexibility index (Phi) is 5.86. The molecule has 108 valence electrons. The molecule has 0 aromatic heterocycles. The van der Waals surface area contributed by atoms with Crippen molar-refractivity contribution >= 4 is 22.6 Å². The molecule has 0 amide bonds. The Morgan fingerprint density at radius 3 is 2.28 bits per heavy atom. The lowest BCUT2D eigenvalue weighted by molar-refractivity contribution is 0.268. The van der Waals surface area contributed by atoms with Crippen molar-refractivity contribution in [1.82, 2.24) is 8.61 Å². The van der Waals surface area contributed by atoms with Gasteiger partial charge in [-0.3, -0.25) is 0 Å². The lowest BCUT2D eigenvalue weighted by atomic mass is 9.96. The second-order valence-electron chi connectivity index (χ2n) is 5.22. The molecule has 0 bridgehead atoms. The normalized spacial score (nSPS) is 27.4. The zero-order valence-electron chi connectivity index (χ0n) is 10.9. The van der Waals surface area contributed by atoms with Crippen molar-refractivity contribution in [2.45, 2.75) is 50.6 Å². The maximum absolute atomic E-state index is 12.4. The van der Waals surface area contributed by atoms with Crippen LogP contribution >= 0.6 is 12.4 Å². The highest BCUT2D eigenvalue weighted by atomic mass is 35.5. The van der Waals surface area contributed by atoms with Gasteiger partial charge in [0.25, 0.3) is 10.2 Å². The molecule has 5 nitrogen and oxygen atoms in total. The molecule has 0 spiro atoms. The van der Waals surface area contributed by atoms with Crippen molar-refractivity contribution in [1.29, 1.82) is 0 Å². The zero-order chi connectivity index (χ0) is 12.5. The number of rotatable bonds is 3. The van der Waals surface area contributed by atoms with Crippen molar-refractivity contribution in [2.24, 2.45) is 5.73 Å². The molecule has 1 heterocycles. The summed E-state index contributed by atoms with van der Waals surface area (Å²) in [5.41, 5.74) is 5.78. The largest absolute Gasteiger partial charge is 0.326 e. The summed E-state index contributed by atoms with van der Waals surface area (Å²) >= 11 is 0. The number of nitrogens with two attached hydrogens (primary N) is 1. The minimum absolute atomic E-state index is 0. The van der Waals surface area contributed by atoms with Crippen LogP contribution in [0.5, 0.6) is 0 Å². The maximum Gasteiger partial charge on any atom is 0.282 e. The van der Waals surface area contributed by atoms with Gasteiger partial charge >= 0.3 is 0 Å². The number of halogens is 1. The summed E-state index contributed by atoms with van der Waals surface area (Å²) in [5.74, 6) is 0. The molecule has 0 aromatic rings.